The van der Waals surface area contributed by atoms with Crippen molar-refractivity contribution in [1.29, 1.82) is 0 Å². The zero-order chi connectivity index (χ0) is 27.0. The van der Waals surface area contributed by atoms with Crippen molar-refractivity contribution >= 4 is 17.6 Å². The SMILES string of the molecule is COc1cc(C(C)(C)C)c(C(C)(C)C)cc1C(=O)OCCC(C)(C)c1cc(Cl)ncc1C(C)(C)C. The summed E-state index contributed by atoms with van der Waals surface area (Å²) in [5.41, 5.74) is 4.48. The van der Waals surface area contributed by atoms with Gasteiger partial charge in [0.2, 0.25) is 0 Å². The molecule has 1 heterocycles. The highest BCUT2D eigenvalue weighted by Gasteiger charge is 2.31. The Labute approximate surface area is 217 Å². The quantitative estimate of drug-likeness (QED) is 0.296. The Bertz CT molecular complexity index is 1070. The van der Waals surface area contributed by atoms with Crippen LogP contribution in [0.5, 0.6) is 5.75 Å². The topological polar surface area (TPSA) is 48.4 Å². The minimum Gasteiger partial charge on any atom is -0.496 e. The van der Waals surface area contributed by atoms with Gasteiger partial charge in [-0.3, -0.25) is 0 Å². The van der Waals surface area contributed by atoms with Crippen LogP contribution in [0.3, 0.4) is 0 Å². The molecule has 0 saturated heterocycles. The summed E-state index contributed by atoms with van der Waals surface area (Å²) < 4.78 is 11.4. The second kappa shape index (κ2) is 10.1. The van der Waals surface area contributed by atoms with Gasteiger partial charge in [-0.2, -0.15) is 0 Å². The van der Waals surface area contributed by atoms with E-state index in [1.165, 1.54) is 5.56 Å². The van der Waals surface area contributed by atoms with E-state index in [4.69, 9.17) is 21.1 Å². The van der Waals surface area contributed by atoms with E-state index in [1.807, 2.05) is 24.4 Å². The summed E-state index contributed by atoms with van der Waals surface area (Å²) in [4.78, 5) is 17.5. The van der Waals surface area contributed by atoms with Gasteiger partial charge in [0.25, 0.3) is 0 Å². The Morgan fingerprint density at radius 2 is 1.31 bits per heavy atom. The maximum atomic E-state index is 13.2. The van der Waals surface area contributed by atoms with Crippen LogP contribution in [0.4, 0.5) is 0 Å². The van der Waals surface area contributed by atoms with E-state index in [0.717, 1.165) is 16.7 Å². The zero-order valence-electron chi connectivity index (χ0n) is 23.8. The van der Waals surface area contributed by atoms with Crippen molar-refractivity contribution in [2.24, 2.45) is 0 Å². The normalized spacial score (nSPS) is 13.1. The lowest BCUT2D eigenvalue weighted by Crippen LogP contribution is -2.27. The van der Waals surface area contributed by atoms with Crippen LogP contribution in [0.1, 0.15) is 115 Å². The molecule has 0 N–H and O–H groups in total. The molecule has 0 radical (unpaired) electrons. The Morgan fingerprint density at radius 3 is 1.80 bits per heavy atom. The fourth-order valence-corrected chi connectivity index (χ4v) is 4.51. The monoisotopic (exact) mass is 501 g/mol. The molecule has 0 atom stereocenters. The van der Waals surface area contributed by atoms with Crippen molar-refractivity contribution in [2.75, 3.05) is 13.7 Å². The average Bonchev–Trinajstić information content (AvgIpc) is 2.70. The molecule has 2 rings (SSSR count). The molecule has 5 heteroatoms. The molecule has 1 aromatic carbocycles. The number of hydrogen-bond acceptors (Lipinski definition) is 4. The van der Waals surface area contributed by atoms with E-state index in [0.29, 0.717) is 22.9 Å². The van der Waals surface area contributed by atoms with E-state index in [2.05, 4.69) is 81.1 Å². The van der Waals surface area contributed by atoms with Gasteiger partial charge in [0.05, 0.1) is 13.7 Å². The lowest BCUT2D eigenvalue weighted by Gasteiger charge is -2.32. The third kappa shape index (κ3) is 7.00. The minimum absolute atomic E-state index is 0.0770. The summed E-state index contributed by atoms with van der Waals surface area (Å²) in [7, 11) is 1.60. The number of rotatable bonds is 6. The predicted octanol–water partition coefficient (Wildman–Crippen LogP) is 8.16. The predicted molar refractivity (Wildman–Crippen MR) is 146 cm³/mol. The number of aromatic nitrogens is 1. The van der Waals surface area contributed by atoms with Crippen molar-refractivity contribution in [2.45, 2.75) is 104 Å². The highest BCUT2D eigenvalue weighted by atomic mass is 35.5. The van der Waals surface area contributed by atoms with E-state index >= 15 is 0 Å². The van der Waals surface area contributed by atoms with Gasteiger partial charge in [-0.05, 0) is 68.5 Å². The van der Waals surface area contributed by atoms with E-state index in [1.54, 1.807) is 7.11 Å². The molecule has 2 aromatic rings. The first-order valence-corrected chi connectivity index (χ1v) is 12.7. The van der Waals surface area contributed by atoms with E-state index in [9.17, 15) is 4.79 Å². The number of esters is 1. The number of ether oxygens (including phenoxy) is 2. The third-order valence-corrected chi connectivity index (χ3v) is 6.75. The largest absolute Gasteiger partial charge is 0.496 e. The number of carbonyl (C=O) groups is 1. The van der Waals surface area contributed by atoms with Gasteiger partial charge in [-0.1, -0.05) is 87.8 Å². The third-order valence-electron chi connectivity index (χ3n) is 6.54. The molecule has 0 spiro atoms. The molecule has 0 aliphatic carbocycles. The number of benzene rings is 1. The summed E-state index contributed by atoms with van der Waals surface area (Å²) in [6.45, 7) is 24.1. The maximum absolute atomic E-state index is 13.2. The molecular formula is C30H44ClNO3. The highest BCUT2D eigenvalue weighted by molar-refractivity contribution is 6.29. The second-order valence-corrected chi connectivity index (χ2v) is 13.6. The zero-order valence-corrected chi connectivity index (χ0v) is 24.5. The lowest BCUT2D eigenvalue weighted by atomic mass is 9.74. The summed E-state index contributed by atoms with van der Waals surface area (Å²) in [5.74, 6) is 0.176. The molecule has 0 aliphatic heterocycles. The molecule has 0 aliphatic rings. The molecular weight excluding hydrogens is 458 g/mol. The fourth-order valence-electron chi connectivity index (χ4n) is 4.35. The Hall–Kier alpha value is -2.07. The van der Waals surface area contributed by atoms with Crippen LogP contribution >= 0.6 is 11.6 Å². The van der Waals surface area contributed by atoms with Crippen LogP contribution in [-0.2, 0) is 26.4 Å². The van der Waals surface area contributed by atoms with Crippen molar-refractivity contribution in [3.8, 4) is 5.75 Å². The van der Waals surface area contributed by atoms with Gasteiger partial charge in [0.15, 0.2) is 0 Å². The van der Waals surface area contributed by atoms with Crippen molar-refractivity contribution in [1.82, 2.24) is 4.98 Å². The molecule has 0 saturated carbocycles. The molecule has 4 nitrogen and oxygen atoms in total. The molecule has 0 fully saturated rings. The van der Waals surface area contributed by atoms with E-state index < -0.39 is 0 Å². The van der Waals surface area contributed by atoms with Gasteiger partial charge in [-0.15, -0.1) is 0 Å². The Balaban J connectivity index is 2.33. The number of methoxy groups -OCH3 is 1. The van der Waals surface area contributed by atoms with Gasteiger partial charge >= 0.3 is 5.97 Å². The van der Waals surface area contributed by atoms with Crippen LogP contribution in [-0.4, -0.2) is 24.7 Å². The fraction of sp³-hybridized carbons (Fsp3) is 0.600. The first-order valence-electron chi connectivity index (χ1n) is 12.4. The minimum atomic E-state index is -0.368. The number of halogens is 1. The van der Waals surface area contributed by atoms with Crippen LogP contribution in [0.15, 0.2) is 24.4 Å². The molecule has 0 amide bonds. The van der Waals surface area contributed by atoms with Crippen LogP contribution in [0, 0.1) is 0 Å². The summed E-state index contributed by atoms with van der Waals surface area (Å²) in [6.07, 6.45) is 2.51. The summed E-state index contributed by atoms with van der Waals surface area (Å²) in [5, 5.41) is 0.469. The first kappa shape index (κ1) is 29.2. The standard InChI is InChI=1S/C30H44ClNO3/c1-27(2,3)20-15-19(24(34-12)16-21(20)28(4,5)6)26(33)35-14-13-30(10,11)22-17-25(31)32-18-23(22)29(7,8)9/h15-18H,13-14H2,1-12H3. The Kier molecular flexibility index (Phi) is 8.44. The Morgan fingerprint density at radius 1 is 0.800 bits per heavy atom. The van der Waals surface area contributed by atoms with Crippen molar-refractivity contribution in [3.05, 3.63) is 57.4 Å². The smallest absolute Gasteiger partial charge is 0.341 e. The molecule has 1 aromatic heterocycles. The highest BCUT2D eigenvalue weighted by Crippen LogP contribution is 2.39. The molecule has 0 bridgehead atoms. The second-order valence-electron chi connectivity index (χ2n) is 13.2. The summed E-state index contributed by atoms with van der Waals surface area (Å²) in [6, 6.07) is 5.89. The molecule has 194 valence electrons. The lowest BCUT2D eigenvalue weighted by molar-refractivity contribution is 0.0476. The maximum Gasteiger partial charge on any atom is 0.341 e. The molecule has 0 unspecified atom stereocenters. The molecule has 35 heavy (non-hydrogen) atoms. The van der Waals surface area contributed by atoms with Crippen molar-refractivity contribution < 1.29 is 14.3 Å². The van der Waals surface area contributed by atoms with Gasteiger partial charge in [0, 0.05) is 6.20 Å². The van der Waals surface area contributed by atoms with Gasteiger partial charge in [-0.25, -0.2) is 9.78 Å². The summed E-state index contributed by atoms with van der Waals surface area (Å²) >= 11 is 6.26. The number of pyridine rings is 1. The van der Waals surface area contributed by atoms with Crippen molar-refractivity contribution in [3.63, 3.8) is 0 Å². The van der Waals surface area contributed by atoms with Gasteiger partial charge < -0.3 is 9.47 Å². The first-order chi connectivity index (χ1) is 15.8. The van der Waals surface area contributed by atoms with Gasteiger partial charge in [0.1, 0.15) is 16.5 Å². The van der Waals surface area contributed by atoms with Crippen LogP contribution < -0.4 is 4.74 Å². The van der Waals surface area contributed by atoms with E-state index in [-0.39, 0.29) is 34.2 Å². The average molecular weight is 502 g/mol. The van der Waals surface area contributed by atoms with Crippen LogP contribution in [0.2, 0.25) is 5.15 Å². The number of nitrogens with zero attached hydrogens (tertiary/aromatic N) is 1. The number of carbonyl (C=O) groups excluding carboxylic acids is 1. The van der Waals surface area contributed by atoms with Crippen LogP contribution in [0.25, 0.3) is 0 Å². The number of hydrogen-bond donors (Lipinski definition) is 0.